The van der Waals surface area contributed by atoms with Gasteiger partial charge in [0.2, 0.25) is 0 Å². The molecule has 0 saturated heterocycles. The van der Waals surface area contributed by atoms with Gasteiger partial charge in [-0.3, -0.25) is 0 Å². The molecule has 0 atom stereocenters. The molecule has 0 spiro atoms. The SMILES string of the molecule is O=C(O)c1cc(C(=O)O)nc(C2CC2)c1. The average Bonchev–Trinajstić information content (AvgIpc) is 3.00. The number of carbonyl (C=O) groups is 2. The van der Waals surface area contributed by atoms with Gasteiger partial charge in [-0.05, 0) is 25.0 Å². The van der Waals surface area contributed by atoms with Gasteiger partial charge in [0, 0.05) is 11.6 Å². The first-order chi connectivity index (χ1) is 7.08. The predicted molar refractivity (Wildman–Crippen MR) is 50.1 cm³/mol. The van der Waals surface area contributed by atoms with E-state index in [0.29, 0.717) is 5.69 Å². The molecule has 1 aromatic heterocycles. The molecule has 1 aromatic rings. The van der Waals surface area contributed by atoms with Crippen molar-refractivity contribution in [1.29, 1.82) is 0 Å². The molecule has 0 bridgehead atoms. The van der Waals surface area contributed by atoms with Crippen LogP contribution in [0.2, 0.25) is 0 Å². The van der Waals surface area contributed by atoms with Crippen molar-refractivity contribution in [2.45, 2.75) is 18.8 Å². The van der Waals surface area contributed by atoms with Gasteiger partial charge in [-0.2, -0.15) is 0 Å². The highest BCUT2D eigenvalue weighted by atomic mass is 16.4. The van der Waals surface area contributed by atoms with Crippen molar-refractivity contribution in [1.82, 2.24) is 4.98 Å². The third-order valence-corrected chi connectivity index (χ3v) is 2.31. The molecule has 1 heterocycles. The zero-order valence-corrected chi connectivity index (χ0v) is 7.80. The largest absolute Gasteiger partial charge is 0.478 e. The lowest BCUT2D eigenvalue weighted by Gasteiger charge is -2.02. The van der Waals surface area contributed by atoms with Crippen molar-refractivity contribution in [3.05, 3.63) is 29.1 Å². The van der Waals surface area contributed by atoms with Crippen molar-refractivity contribution in [3.63, 3.8) is 0 Å². The lowest BCUT2D eigenvalue weighted by atomic mass is 10.1. The number of aromatic nitrogens is 1. The molecule has 0 amide bonds. The molecule has 2 rings (SSSR count). The summed E-state index contributed by atoms with van der Waals surface area (Å²) in [6, 6.07) is 2.53. The summed E-state index contributed by atoms with van der Waals surface area (Å²) in [5, 5.41) is 17.6. The Balaban J connectivity index is 2.47. The van der Waals surface area contributed by atoms with Crippen LogP contribution in [0, 0.1) is 0 Å². The predicted octanol–water partition coefficient (Wildman–Crippen LogP) is 1.36. The summed E-state index contributed by atoms with van der Waals surface area (Å²) in [5.74, 6) is -2.08. The maximum atomic E-state index is 10.8. The summed E-state index contributed by atoms with van der Waals surface area (Å²) in [7, 11) is 0. The van der Waals surface area contributed by atoms with Crippen LogP contribution in [0.15, 0.2) is 12.1 Å². The van der Waals surface area contributed by atoms with E-state index in [9.17, 15) is 9.59 Å². The van der Waals surface area contributed by atoms with E-state index in [-0.39, 0.29) is 17.2 Å². The second-order valence-electron chi connectivity index (χ2n) is 3.55. The van der Waals surface area contributed by atoms with E-state index in [1.807, 2.05) is 0 Å². The number of hydrogen-bond acceptors (Lipinski definition) is 3. The molecule has 78 valence electrons. The summed E-state index contributed by atoms with van der Waals surface area (Å²) >= 11 is 0. The molecular weight excluding hydrogens is 198 g/mol. The van der Waals surface area contributed by atoms with Crippen LogP contribution < -0.4 is 0 Å². The Kier molecular flexibility index (Phi) is 2.15. The van der Waals surface area contributed by atoms with E-state index in [1.54, 1.807) is 0 Å². The number of rotatable bonds is 3. The van der Waals surface area contributed by atoms with E-state index in [1.165, 1.54) is 6.07 Å². The number of aromatic carboxylic acids is 2. The number of nitrogens with zero attached hydrogens (tertiary/aromatic N) is 1. The van der Waals surface area contributed by atoms with Gasteiger partial charge in [-0.1, -0.05) is 0 Å². The standard InChI is InChI=1S/C10H9NO4/c12-9(13)6-3-7(5-1-2-5)11-8(4-6)10(14)15/h3-5H,1-2H2,(H,12,13)(H,14,15). The monoisotopic (exact) mass is 207 g/mol. The minimum atomic E-state index is -1.19. The number of hydrogen-bond donors (Lipinski definition) is 2. The number of carboxylic acid groups (broad SMARTS) is 2. The molecule has 1 fully saturated rings. The van der Waals surface area contributed by atoms with Gasteiger partial charge >= 0.3 is 11.9 Å². The van der Waals surface area contributed by atoms with Crippen LogP contribution in [0.1, 0.15) is 45.3 Å². The van der Waals surface area contributed by atoms with Crippen LogP contribution in [0.5, 0.6) is 0 Å². The Bertz CT molecular complexity index is 405. The highest BCUT2D eigenvalue weighted by molar-refractivity contribution is 5.92. The first-order valence-electron chi connectivity index (χ1n) is 4.56. The van der Waals surface area contributed by atoms with E-state index in [4.69, 9.17) is 10.2 Å². The average molecular weight is 207 g/mol. The quantitative estimate of drug-likeness (QED) is 0.781. The van der Waals surface area contributed by atoms with Crippen molar-refractivity contribution < 1.29 is 19.8 Å². The van der Waals surface area contributed by atoms with Gasteiger partial charge in [0.15, 0.2) is 0 Å². The van der Waals surface area contributed by atoms with Gasteiger partial charge in [-0.25, -0.2) is 14.6 Å². The van der Waals surface area contributed by atoms with Gasteiger partial charge < -0.3 is 10.2 Å². The van der Waals surface area contributed by atoms with E-state index in [2.05, 4.69) is 4.98 Å². The van der Waals surface area contributed by atoms with Crippen molar-refractivity contribution in [2.75, 3.05) is 0 Å². The van der Waals surface area contributed by atoms with E-state index >= 15 is 0 Å². The normalized spacial score (nSPS) is 14.9. The second-order valence-corrected chi connectivity index (χ2v) is 3.55. The van der Waals surface area contributed by atoms with Gasteiger partial charge in [-0.15, -0.1) is 0 Å². The first-order valence-corrected chi connectivity index (χ1v) is 4.56. The number of pyridine rings is 1. The highest BCUT2D eigenvalue weighted by Gasteiger charge is 2.27. The van der Waals surface area contributed by atoms with Crippen LogP contribution in [-0.2, 0) is 0 Å². The smallest absolute Gasteiger partial charge is 0.354 e. The fourth-order valence-corrected chi connectivity index (χ4v) is 1.37. The summed E-state index contributed by atoms with van der Waals surface area (Å²) in [6.45, 7) is 0. The van der Waals surface area contributed by atoms with Crippen LogP contribution in [0.4, 0.5) is 0 Å². The molecule has 1 aliphatic rings. The molecule has 1 aliphatic carbocycles. The molecular formula is C10H9NO4. The molecule has 0 aromatic carbocycles. The van der Waals surface area contributed by atoms with Crippen molar-refractivity contribution in [3.8, 4) is 0 Å². The Morgan fingerprint density at radius 3 is 2.33 bits per heavy atom. The fraction of sp³-hybridized carbons (Fsp3) is 0.300. The van der Waals surface area contributed by atoms with Gasteiger partial charge in [0.25, 0.3) is 0 Å². The van der Waals surface area contributed by atoms with E-state index in [0.717, 1.165) is 18.9 Å². The third-order valence-electron chi connectivity index (χ3n) is 2.31. The number of carboxylic acids is 2. The van der Waals surface area contributed by atoms with Crippen molar-refractivity contribution in [2.24, 2.45) is 0 Å². The van der Waals surface area contributed by atoms with Crippen LogP contribution in [0.3, 0.4) is 0 Å². The molecule has 1 saturated carbocycles. The van der Waals surface area contributed by atoms with Crippen LogP contribution in [-0.4, -0.2) is 27.1 Å². The lowest BCUT2D eigenvalue weighted by Crippen LogP contribution is -2.07. The molecule has 5 heteroatoms. The molecule has 5 nitrogen and oxygen atoms in total. The van der Waals surface area contributed by atoms with Crippen LogP contribution >= 0.6 is 0 Å². The van der Waals surface area contributed by atoms with Gasteiger partial charge in [0.05, 0.1) is 5.56 Å². The fourth-order valence-electron chi connectivity index (χ4n) is 1.37. The maximum absolute atomic E-state index is 10.8. The summed E-state index contributed by atoms with van der Waals surface area (Å²) < 4.78 is 0. The lowest BCUT2D eigenvalue weighted by molar-refractivity contribution is 0.0690. The summed E-state index contributed by atoms with van der Waals surface area (Å²) in [6.07, 6.45) is 1.91. The Morgan fingerprint density at radius 1 is 1.20 bits per heavy atom. The van der Waals surface area contributed by atoms with E-state index < -0.39 is 11.9 Å². The third kappa shape index (κ3) is 1.96. The zero-order chi connectivity index (χ0) is 11.0. The summed E-state index contributed by atoms with van der Waals surface area (Å²) in [5.41, 5.74) is 0.369. The molecule has 0 unspecified atom stereocenters. The Labute approximate surface area is 85.4 Å². The zero-order valence-electron chi connectivity index (χ0n) is 7.80. The minimum absolute atomic E-state index is 0.00991. The topological polar surface area (TPSA) is 87.5 Å². The van der Waals surface area contributed by atoms with Crippen LogP contribution in [0.25, 0.3) is 0 Å². The minimum Gasteiger partial charge on any atom is -0.478 e. The Hall–Kier alpha value is -1.91. The van der Waals surface area contributed by atoms with Gasteiger partial charge in [0.1, 0.15) is 5.69 Å². The second kappa shape index (κ2) is 3.34. The molecule has 15 heavy (non-hydrogen) atoms. The maximum Gasteiger partial charge on any atom is 0.354 e. The Morgan fingerprint density at radius 2 is 1.87 bits per heavy atom. The molecule has 2 N–H and O–H groups in total. The first kappa shape index (κ1) is 9.64. The highest BCUT2D eigenvalue weighted by Crippen LogP contribution is 2.39. The molecule has 0 radical (unpaired) electrons. The summed E-state index contributed by atoms with van der Waals surface area (Å²) in [4.78, 5) is 25.4. The van der Waals surface area contributed by atoms with Crippen molar-refractivity contribution >= 4 is 11.9 Å². The molecule has 0 aliphatic heterocycles.